The first kappa shape index (κ1) is 50.1. The Balaban J connectivity index is 0.00000115. The predicted octanol–water partition coefficient (Wildman–Crippen LogP) is 7.97. The van der Waals surface area contributed by atoms with Crippen molar-refractivity contribution in [3.63, 3.8) is 0 Å². The Kier molecular flexibility index (Phi) is 24.7. The van der Waals surface area contributed by atoms with Crippen LogP contribution in [0.3, 0.4) is 0 Å². The molecule has 13 heteroatoms. The normalized spacial score (nSPS) is 17.0. The smallest absolute Gasteiger partial charge is 0.382 e. The molecule has 2 heterocycles. The lowest BCUT2D eigenvalue weighted by molar-refractivity contribution is -0.137. The van der Waals surface area contributed by atoms with Crippen molar-refractivity contribution >= 4 is 18.0 Å². The van der Waals surface area contributed by atoms with Gasteiger partial charge < -0.3 is 31.7 Å². The van der Waals surface area contributed by atoms with Crippen LogP contribution in [-0.4, -0.2) is 75.2 Å². The number of fused-ring (bicyclic) bond motifs is 1. The predicted molar refractivity (Wildman–Crippen MR) is 221 cm³/mol. The van der Waals surface area contributed by atoms with Gasteiger partial charge in [0.2, 0.25) is 12.3 Å². The molecule has 0 aliphatic carbocycles. The highest BCUT2D eigenvalue weighted by atomic mass is 19.4. The van der Waals surface area contributed by atoms with Gasteiger partial charge in [0, 0.05) is 43.1 Å². The number of unbranched alkanes of at least 4 members (excludes halogenated alkanes) is 1. The Morgan fingerprint density at radius 3 is 2.25 bits per heavy atom. The number of halogens is 4. The molecule has 9 nitrogen and oxygen atoms in total. The molecule has 2 aliphatic rings. The lowest BCUT2D eigenvalue weighted by Crippen LogP contribution is -2.49. The van der Waals surface area contributed by atoms with Gasteiger partial charge in [0.25, 0.3) is 0 Å². The summed E-state index contributed by atoms with van der Waals surface area (Å²) >= 11 is 0. The molecule has 1 saturated heterocycles. The summed E-state index contributed by atoms with van der Waals surface area (Å²) < 4.78 is 61.1. The summed E-state index contributed by atoms with van der Waals surface area (Å²) in [6.45, 7) is 25.0. The summed E-state index contributed by atoms with van der Waals surface area (Å²) in [5, 5.41) is 12.9. The number of amides is 2. The standard InChI is InChI=1S/C33H43F4N5O2.C5H12.C4H10.CH3NO/c1-24-10-12-32(14-15-38-16-17-42-18-20-44-21-19-42,13-11-26-7-5-8-28(31(26)40-24)33(35,36)37)41-25(2)23-39-30(43)22-27-6-3-4-9-29(27)34;1-4-5(2)3;1-3-4-2;2-1-3/h3-9,38,40-41H,1-2,10-23H2,(H,39,43);5H,4H2,1-3H3;3-4H2,1-2H3;1H,(H2,2,3)/t32-;;;/m1.../s1. The summed E-state index contributed by atoms with van der Waals surface area (Å²) in [5.74, 6) is 0.112. The molecular weight excluding hydrogens is 725 g/mol. The van der Waals surface area contributed by atoms with E-state index >= 15 is 0 Å². The van der Waals surface area contributed by atoms with Crippen LogP contribution in [0.25, 0.3) is 0 Å². The van der Waals surface area contributed by atoms with E-state index < -0.39 is 23.1 Å². The lowest BCUT2D eigenvalue weighted by atomic mass is 9.83. The largest absolute Gasteiger partial charge is 0.418 e. The van der Waals surface area contributed by atoms with Crippen LogP contribution in [0.4, 0.5) is 23.2 Å². The number of rotatable bonds is 14. The molecule has 316 valence electrons. The number of aryl methyl sites for hydroxylation is 1. The van der Waals surface area contributed by atoms with Gasteiger partial charge >= 0.3 is 6.18 Å². The second kappa shape index (κ2) is 27.6. The van der Waals surface area contributed by atoms with Gasteiger partial charge in [0.05, 0.1) is 37.4 Å². The van der Waals surface area contributed by atoms with Crippen LogP contribution in [0, 0.1) is 11.7 Å². The highest BCUT2D eigenvalue weighted by Crippen LogP contribution is 2.40. The highest BCUT2D eigenvalue weighted by molar-refractivity contribution is 5.78. The monoisotopic (exact) mass is 793 g/mol. The van der Waals surface area contributed by atoms with Gasteiger partial charge in [-0.15, -0.1) is 0 Å². The van der Waals surface area contributed by atoms with E-state index in [4.69, 9.17) is 9.53 Å². The Hall–Kier alpha value is -3.94. The average molecular weight is 793 g/mol. The lowest BCUT2D eigenvalue weighted by Gasteiger charge is -2.37. The number of hydrogen-bond donors (Lipinski definition) is 5. The molecule has 1 atom stereocenters. The number of ether oxygens (including phenoxy) is 1. The Bertz CT molecular complexity index is 1450. The zero-order valence-electron chi connectivity index (χ0n) is 34.4. The van der Waals surface area contributed by atoms with Crippen molar-refractivity contribution in [2.75, 3.05) is 57.8 Å². The number of nitrogens with one attached hydrogen (secondary N) is 4. The van der Waals surface area contributed by atoms with Crippen molar-refractivity contribution in [3.05, 3.63) is 89.5 Å². The van der Waals surface area contributed by atoms with E-state index in [0.29, 0.717) is 61.2 Å². The number of alkyl halides is 3. The molecule has 0 saturated carbocycles. The second-order valence-electron chi connectivity index (χ2n) is 14.5. The molecule has 1 fully saturated rings. The van der Waals surface area contributed by atoms with Crippen molar-refractivity contribution in [1.29, 1.82) is 0 Å². The van der Waals surface area contributed by atoms with Crippen molar-refractivity contribution in [2.24, 2.45) is 11.7 Å². The number of anilines is 1. The van der Waals surface area contributed by atoms with Gasteiger partial charge in [-0.05, 0) is 67.8 Å². The Morgan fingerprint density at radius 2 is 1.66 bits per heavy atom. The van der Waals surface area contributed by atoms with Crippen molar-refractivity contribution < 1.29 is 31.9 Å². The van der Waals surface area contributed by atoms with Gasteiger partial charge in [-0.25, -0.2) is 4.39 Å². The number of primary amides is 1. The van der Waals surface area contributed by atoms with Crippen LogP contribution in [-0.2, 0) is 33.3 Å². The number of benzene rings is 2. The van der Waals surface area contributed by atoms with E-state index in [1.807, 2.05) is 0 Å². The molecule has 2 aromatic rings. The third kappa shape index (κ3) is 20.3. The minimum Gasteiger partial charge on any atom is -0.382 e. The van der Waals surface area contributed by atoms with Gasteiger partial charge in [0.15, 0.2) is 0 Å². The fourth-order valence-corrected chi connectivity index (χ4v) is 5.77. The van der Waals surface area contributed by atoms with Crippen LogP contribution in [0.5, 0.6) is 0 Å². The van der Waals surface area contributed by atoms with E-state index in [1.165, 1.54) is 31.4 Å². The Morgan fingerprint density at radius 1 is 1.04 bits per heavy atom. The number of carbonyl (C=O) groups excluding carboxylic acids is 2. The van der Waals surface area contributed by atoms with Gasteiger partial charge in [0.1, 0.15) is 5.82 Å². The molecule has 2 aliphatic heterocycles. The number of hydrogen-bond acceptors (Lipinski definition) is 7. The van der Waals surface area contributed by atoms with E-state index in [0.717, 1.165) is 51.4 Å². The first-order valence-corrected chi connectivity index (χ1v) is 19.9. The molecule has 0 spiro atoms. The molecule has 6 N–H and O–H groups in total. The minimum absolute atomic E-state index is 0.0590. The summed E-state index contributed by atoms with van der Waals surface area (Å²) in [7, 11) is 0. The zero-order valence-corrected chi connectivity index (χ0v) is 34.4. The summed E-state index contributed by atoms with van der Waals surface area (Å²) in [6.07, 6.45) is 2.26. The summed E-state index contributed by atoms with van der Waals surface area (Å²) in [6, 6.07) is 10.4. The summed E-state index contributed by atoms with van der Waals surface area (Å²) in [4.78, 5) is 23.5. The van der Waals surface area contributed by atoms with Crippen molar-refractivity contribution in [2.45, 2.75) is 104 Å². The third-order valence-electron chi connectivity index (χ3n) is 9.59. The van der Waals surface area contributed by atoms with E-state index in [1.54, 1.807) is 24.3 Å². The SMILES string of the molecule is C=C1CC[C@@](CCNCCN2CCOCC2)(NC(=C)CNC(=O)Cc2ccccc2F)CCc2cccc(C(F)(F)F)c2N1.CCC(C)C.CCCC.NC=O. The van der Waals surface area contributed by atoms with E-state index in [-0.39, 0.29) is 31.0 Å². The molecule has 2 amide bonds. The average Bonchev–Trinajstić information content (AvgIpc) is 3.23. The van der Waals surface area contributed by atoms with Crippen LogP contribution in [0.1, 0.15) is 96.3 Å². The highest BCUT2D eigenvalue weighted by Gasteiger charge is 2.36. The number of morpholine rings is 1. The van der Waals surface area contributed by atoms with Crippen molar-refractivity contribution in [1.82, 2.24) is 20.9 Å². The quantitative estimate of drug-likeness (QED) is 0.0748. The van der Waals surface area contributed by atoms with Crippen LogP contribution in [0.2, 0.25) is 0 Å². The minimum atomic E-state index is -4.50. The van der Waals surface area contributed by atoms with E-state index in [2.05, 4.69) is 79.7 Å². The maximum atomic E-state index is 14.0. The maximum Gasteiger partial charge on any atom is 0.418 e. The topological polar surface area (TPSA) is 121 Å². The molecule has 0 radical (unpaired) electrons. The van der Waals surface area contributed by atoms with Gasteiger partial charge in [-0.3, -0.25) is 14.5 Å². The fourth-order valence-electron chi connectivity index (χ4n) is 5.77. The van der Waals surface area contributed by atoms with Gasteiger partial charge in [-0.2, -0.15) is 13.2 Å². The number of allylic oxidation sites excluding steroid dienone is 1. The second-order valence-corrected chi connectivity index (χ2v) is 14.5. The van der Waals surface area contributed by atoms with Crippen LogP contribution in [0.15, 0.2) is 67.0 Å². The first-order valence-electron chi connectivity index (χ1n) is 19.9. The number of para-hydroxylation sites is 1. The van der Waals surface area contributed by atoms with Crippen molar-refractivity contribution in [3.8, 4) is 0 Å². The number of nitrogens with two attached hydrogens (primary N) is 1. The fraction of sp³-hybridized carbons (Fsp3) is 0.581. The number of carbonyl (C=O) groups is 2. The molecular formula is C43H68F4N6O3. The maximum absolute atomic E-state index is 14.0. The molecule has 0 aromatic heterocycles. The van der Waals surface area contributed by atoms with Crippen LogP contribution < -0.4 is 27.0 Å². The molecule has 0 bridgehead atoms. The zero-order chi connectivity index (χ0) is 42.0. The van der Waals surface area contributed by atoms with E-state index in [9.17, 15) is 22.4 Å². The third-order valence-corrected chi connectivity index (χ3v) is 9.59. The Labute approximate surface area is 333 Å². The first-order chi connectivity index (χ1) is 26.6. The molecule has 2 aromatic carbocycles. The molecule has 4 rings (SSSR count). The van der Waals surface area contributed by atoms with Gasteiger partial charge in [-0.1, -0.05) is 97.4 Å². The number of nitrogens with zero attached hydrogens (tertiary/aromatic N) is 1. The van der Waals surface area contributed by atoms with Crippen LogP contribution >= 0.6 is 0 Å². The molecule has 0 unspecified atom stereocenters. The summed E-state index contributed by atoms with van der Waals surface area (Å²) in [5.41, 5.74) is 4.94. The molecule has 56 heavy (non-hydrogen) atoms.